The Morgan fingerprint density at radius 3 is 2.72 bits per heavy atom. The van der Waals surface area contributed by atoms with Gasteiger partial charge >= 0.3 is 0 Å². The summed E-state index contributed by atoms with van der Waals surface area (Å²) in [5.41, 5.74) is 0.862. The van der Waals surface area contributed by atoms with Crippen LogP contribution in [-0.4, -0.2) is 7.05 Å². The zero-order valence-corrected chi connectivity index (χ0v) is 11.9. The van der Waals surface area contributed by atoms with Crippen LogP contribution in [0.2, 0.25) is 0 Å². The average molecular weight is 312 g/mol. The van der Waals surface area contributed by atoms with Crippen molar-refractivity contribution in [2.75, 3.05) is 7.05 Å². The summed E-state index contributed by atoms with van der Waals surface area (Å²) >= 11 is 3.18. The van der Waals surface area contributed by atoms with Gasteiger partial charge in [0.2, 0.25) is 0 Å². The highest BCUT2D eigenvalue weighted by molar-refractivity contribution is 9.10. The highest BCUT2D eigenvalue weighted by Crippen LogP contribution is 2.29. The van der Waals surface area contributed by atoms with Gasteiger partial charge in [-0.15, -0.1) is 0 Å². The second kappa shape index (κ2) is 5.67. The van der Waals surface area contributed by atoms with Crippen LogP contribution < -0.4 is 5.32 Å². The first-order valence-electron chi connectivity index (χ1n) is 5.88. The van der Waals surface area contributed by atoms with E-state index in [1.165, 1.54) is 6.07 Å². The Morgan fingerprint density at radius 2 is 2.11 bits per heavy atom. The molecule has 1 aromatic heterocycles. The van der Waals surface area contributed by atoms with Crippen LogP contribution in [0.1, 0.15) is 25.1 Å². The van der Waals surface area contributed by atoms with Gasteiger partial charge in [0.05, 0.1) is 10.5 Å². The van der Waals surface area contributed by atoms with Crippen LogP contribution in [0.4, 0.5) is 4.39 Å². The molecule has 4 heteroatoms. The third-order valence-electron chi connectivity index (χ3n) is 2.93. The van der Waals surface area contributed by atoms with Crippen LogP contribution >= 0.6 is 15.9 Å². The maximum Gasteiger partial charge on any atom is 0.137 e. The lowest BCUT2D eigenvalue weighted by atomic mass is 10.1. The minimum Gasteiger partial charge on any atom is -0.459 e. The summed E-state index contributed by atoms with van der Waals surface area (Å²) in [7, 11) is 1.91. The summed E-state index contributed by atoms with van der Waals surface area (Å²) < 4.78 is 19.4. The first-order valence-corrected chi connectivity index (χ1v) is 6.67. The summed E-state index contributed by atoms with van der Waals surface area (Å²) in [5.74, 6) is 1.38. The van der Waals surface area contributed by atoms with Crippen molar-refractivity contribution in [1.29, 1.82) is 0 Å². The Balaban J connectivity index is 2.31. The molecule has 0 aliphatic rings. The van der Waals surface area contributed by atoms with E-state index in [0.717, 1.165) is 23.5 Å². The van der Waals surface area contributed by atoms with E-state index in [2.05, 4.69) is 28.2 Å². The molecule has 0 aliphatic heterocycles. The minimum absolute atomic E-state index is 0.211. The number of rotatable bonds is 4. The SMILES string of the molecule is CCC(NC)c1ccc(-c2ccc(F)c(Br)c2)o1. The van der Waals surface area contributed by atoms with Crippen molar-refractivity contribution in [2.45, 2.75) is 19.4 Å². The summed E-state index contributed by atoms with van der Waals surface area (Å²) in [6.07, 6.45) is 0.955. The van der Waals surface area contributed by atoms with Crippen molar-refractivity contribution in [3.05, 3.63) is 46.4 Å². The highest BCUT2D eigenvalue weighted by Gasteiger charge is 2.13. The van der Waals surface area contributed by atoms with E-state index in [-0.39, 0.29) is 11.9 Å². The Labute approximate surface area is 114 Å². The van der Waals surface area contributed by atoms with E-state index >= 15 is 0 Å². The van der Waals surface area contributed by atoms with E-state index in [1.54, 1.807) is 12.1 Å². The van der Waals surface area contributed by atoms with Gasteiger partial charge in [-0.3, -0.25) is 0 Å². The molecule has 2 nitrogen and oxygen atoms in total. The topological polar surface area (TPSA) is 25.2 Å². The Morgan fingerprint density at radius 1 is 1.33 bits per heavy atom. The molecule has 0 amide bonds. The number of hydrogen-bond acceptors (Lipinski definition) is 2. The molecule has 0 saturated heterocycles. The largest absolute Gasteiger partial charge is 0.459 e. The van der Waals surface area contributed by atoms with Gasteiger partial charge in [0.25, 0.3) is 0 Å². The van der Waals surface area contributed by atoms with Crippen LogP contribution in [0, 0.1) is 5.82 Å². The van der Waals surface area contributed by atoms with Gasteiger partial charge in [0.1, 0.15) is 17.3 Å². The van der Waals surface area contributed by atoms with Crippen molar-refractivity contribution >= 4 is 15.9 Å². The molecule has 1 aromatic carbocycles. The van der Waals surface area contributed by atoms with Gasteiger partial charge < -0.3 is 9.73 Å². The molecule has 0 saturated carbocycles. The van der Waals surface area contributed by atoms with Crippen LogP contribution in [-0.2, 0) is 0 Å². The minimum atomic E-state index is -0.271. The number of furan rings is 1. The molecule has 0 radical (unpaired) electrons. The molecule has 1 N–H and O–H groups in total. The second-order valence-corrected chi connectivity index (χ2v) is 4.93. The Kier molecular flexibility index (Phi) is 4.19. The molecular formula is C14H15BrFNO. The summed E-state index contributed by atoms with van der Waals surface area (Å²) in [6, 6.07) is 8.94. The fourth-order valence-corrected chi connectivity index (χ4v) is 2.27. The van der Waals surface area contributed by atoms with Gasteiger partial charge in [0, 0.05) is 5.56 Å². The molecule has 0 spiro atoms. The monoisotopic (exact) mass is 311 g/mol. The lowest BCUT2D eigenvalue weighted by molar-refractivity contribution is 0.431. The Bertz CT molecular complexity index is 534. The van der Waals surface area contributed by atoms with Gasteiger partial charge in [-0.05, 0) is 59.7 Å². The highest BCUT2D eigenvalue weighted by atomic mass is 79.9. The maximum atomic E-state index is 13.2. The van der Waals surface area contributed by atoms with Crippen molar-refractivity contribution < 1.29 is 8.81 Å². The fourth-order valence-electron chi connectivity index (χ4n) is 1.89. The van der Waals surface area contributed by atoms with Gasteiger partial charge in [0.15, 0.2) is 0 Å². The normalized spacial score (nSPS) is 12.7. The molecule has 2 aromatic rings. The van der Waals surface area contributed by atoms with E-state index < -0.39 is 0 Å². The van der Waals surface area contributed by atoms with E-state index in [0.29, 0.717) is 4.47 Å². The zero-order valence-electron chi connectivity index (χ0n) is 10.3. The first kappa shape index (κ1) is 13.3. The molecular weight excluding hydrogens is 297 g/mol. The molecule has 0 aliphatic carbocycles. The molecule has 1 unspecified atom stereocenters. The van der Waals surface area contributed by atoms with Crippen LogP contribution in [0.3, 0.4) is 0 Å². The third kappa shape index (κ3) is 2.65. The van der Waals surface area contributed by atoms with E-state index in [1.807, 2.05) is 19.2 Å². The molecule has 0 fully saturated rings. The van der Waals surface area contributed by atoms with E-state index in [4.69, 9.17) is 4.42 Å². The number of halogens is 2. The predicted molar refractivity (Wildman–Crippen MR) is 73.9 cm³/mol. The van der Waals surface area contributed by atoms with Gasteiger partial charge in [-0.1, -0.05) is 6.92 Å². The van der Waals surface area contributed by atoms with Crippen molar-refractivity contribution in [1.82, 2.24) is 5.32 Å². The number of nitrogens with one attached hydrogen (secondary N) is 1. The number of hydrogen-bond donors (Lipinski definition) is 1. The number of benzene rings is 1. The molecule has 1 heterocycles. The smallest absolute Gasteiger partial charge is 0.137 e. The van der Waals surface area contributed by atoms with Crippen LogP contribution in [0.5, 0.6) is 0 Å². The second-order valence-electron chi connectivity index (χ2n) is 4.08. The van der Waals surface area contributed by atoms with Crippen molar-refractivity contribution in [2.24, 2.45) is 0 Å². The van der Waals surface area contributed by atoms with Crippen molar-refractivity contribution in [3.63, 3.8) is 0 Å². The summed E-state index contributed by atoms with van der Waals surface area (Å²) in [6.45, 7) is 2.10. The van der Waals surface area contributed by atoms with E-state index in [9.17, 15) is 4.39 Å². The third-order valence-corrected chi connectivity index (χ3v) is 3.54. The average Bonchev–Trinajstić information content (AvgIpc) is 2.84. The molecule has 2 rings (SSSR count). The van der Waals surface area contributed by atoms with Crippen LogP contribution in [0.15, 0.2) is 39.2 Å². The van der Waals surface area contributed by atoms with Crippen LogP contribution in [0.25, 0.3) is 11.3 Å². The molecule has 18 heavy (non-hydrogen) atoms. The zero-order chi connectivity index (χ0) is 13.1. The Hall–Kier alpha value is -1.13. The van der Waals surface area contributed by atoms with Crippen molar-refractivity contribution in [3.8, 4) is 11.3 Å². The summed E-state index contributed by atoms with van der Waals surface area (Å²) in [4.78, 5) is 0. The lowest BCUT2D eigenvalue weighted by Gasteiger charge is -2.10. The molecule has 96 valence electrons. The lowest BCUT2D eigenvalue weighted by Crippen LogP contribution is -2.14. The maximum absolute atomic E-state index is 13.2. The quantitative estimate of drug-likeness (QED) is 0.898. The molecule has 0 bridgehead atoms. The molecule has 1 atom stereocenters. The van der Waals surface area contributed by atoms with Gasteiger partial charge in [-0.25, -0.2) is 4.39 Å². The van der Waals surface area contributed by atoms with Gasteiger partial charge in [-0.2, -0.15) is 0 Å². The first-order chi connectivity index (χ1) is 8.65. The standard InChI is InChI=1S/C14H15BrFNO/c1-3-12(17-2)14-7-6-13(18-14)9-4-5-11(16)10(15)8-9/h4-8,12,17H,3H2,1-2H3. The predicted octanol–water partition coefficient (Wildman–Crippen LogP) is 4.52. The fraction of sp³-hybridized carbons (Fsp3) is 0.286. The summed E-state index contributed by atoms with van der Waals surface area (Å²) in [5, 5.41) is 3.19.